The summed E-state index contributed by atoms with van der Waals surface area (Å²) < 4.78 is 7.15. The van der Waals surface area contributed by atoms with Crippen LogP contribution in [0.4, 0.5) is 0 Å². The third-order valence-corrected chi connectivity index (χ3v) is 3.54. The van der Waals surface area contributed by atoms with E-state index in [1.807, 2.05) is 29.8 Å². The highest BCUT2D eigenvalue weighted by atomic mass is 35.5. The van der Waals surface area contributed by atoms with Gasteiger partial charge in [-0.25, -0.2) is 0 Å². The van der Waals surface area contributed by atoms with Crippen molar-refractivity contribution in [3.63, 3.8) is 0 Å². The highest BCUT2D eigenvalue weighted by Crippen LogP contribution is 2.23. The predicted molar refractivity (Wildman–Crippen MR) is 80.0 cm³/mol. The molecule has 2 aromatic rings. The molecule has 1 aromatic heterocycles. The molecule has 0 atom stereocenters. The fourth-order valence-corrected chi connectivity index (χ4v) is 2.07. The Balaban J connectivity index is 2.40. The fraction of sp³-hybridized carbons (Fsp3) is 0.231. The summed E-state index contributed by atoms with van der Waals surface area (Å²) in [6.45, 7) is 2.47. The van der Waals surface area contributed by atoms with E-state index in [1.165, 1.54) is 0 Å². The van der Waals surface area contributed by atoms with Crippen LogP contribution in [0.1, 0.15) is 16.8 Å². The Kier molecular flexibility index (Phi) is 4.07. The zero-order valence-electron chi connectivity index (χ0n) is 10.7. The first kappa shape index (κ1) is 13.8. The topological polar surface area (TPSA) is 53.1 Å². The number of rotatable bonds is 4. The molecule has 0 saturated carbocycles. The van der Waals surface area contributed by atoms with Crippen LogP contribution in [-0.4, -0.2) is 21.9 Å². The molecule has 19 heavy (non-hydrogen) atoms. The van der Waals surface area contributed by atoms with E-state index in [4.69, 9.17) is 34.3 Å². The first-order chi connectivity index (χ1) is 9.02. The minimum Gasteiger partial charge on any atom is -0.496 e. The second kappa shape index (κ2) is 5.59. The number of halogens is 1. The highest BCUT2D eigenvalue weighted by molar-refractivity contribution is 7.80. The third-order valence-electron chi connectivity index (χ3n) is 2.93. The molecular formula is C13H14ClN3OS. The molecule has 0 spiro atoms. The molecule has 0 fully saturated rings. The van der Waals surface area contributed by atoms with Crippen molar-refractivity contribution < 1.29 is 4.74 Å². The number of methoxy groups -OCH3 is 1. The SMILES string of the molecule is COc1ccc(C(N)=S)cc1Cn1ncc(Cl)c1C. The second-order valence-corrected chi connectivity index (χ2v) is 4.97. The van der Waals surface area contributed by atoms with Crippen LogP contribution in [0.15, 0.2) is 24.4 Å². The number of thiocarbonyl (C=S) groups is 1. The summed E-state index contributed by atoms with van der Waals surface area (Å²) in [5, 5.41) is 4.87. The van der Waals surface area contributed by atoms with E-state index in [2.05, 4.69) is 5.10 Å². The van der Waals surface area contributed by atoms with Crippen LogP contribution in [0.25, 0.3) is 0 Å². The summed E-state index contributed by atoms with van der Waals surface area (Å²) in [5.41, 5.74) is 8.32. The molecule has 0 aliphatic carbocycles. The van der Waals surface area contributed by atoms with Gasteiger partial charge in [0.1, 0.15) is 10.7 Å². The number of nitrogens with two attached hydrogens (primary N) is 1. The third kappa shape index (κ3) is 2.88. The van der Waals surface area contributed by atoms with Gasteiger partial charge in [0.25, 0.3) is 0 Å². The fourth-order valence-electron chi connectivity index (χ4n) is 1.80. The lowest BCUT2D eigenvalue weighted by Crippen LogP contribution is -2.11. The maximum absolute atomic E-state index is 6.00. The monoisotopic (exact) mass is 295 g/mol. The minimum atomic E-state index is 0.360. The maximum atomic E-state index is 6.00. The van der Waals surface area contributed by atoms with E-state index in [0.29, 0.717) is 16.6 Å². The average Bonchev–Trinajstić information content (AvgIpc) is 2.70. The Bertz CT molecular complexity index is 624. The van der Waals surface area contributed by atoms with Crippen LogP contribution in [0.2, 0.25) is 5.02 Å². The van der Waals surface area contributed by atoms with Gasteiger partial charge in [0.05, 0.1) is 30.6 Å². The quantitative estimate of drug-likeness (QED) is 0.881. The summed E-state index contributed by atoms with van der Waals surface area (Å²) in [6.07, 6.45) is 1.63. The second-order valence-electron chi connectivity index (χ2n) is 4.13. The summed E-state index contributed by atoms with van der Waals surface area (Å²) >= 11 is 11.0. The maximum Gasteiger partial charge on any atom is 0.123 e. The molecule has 1 aromatic carbocycles. The van der Waals surface area contributed by atoms with E-state index in [9.17, 15) is 0 Å². The molecule has 0 aliphatic rings. The van der Waals surface area contributed by atoms with Gasteiger partial charge in [-0.1, -0.05) is 23.8 Å². The molecule has 2 rings (SSSR count). The smallest absolute Gasteiger partial charge is 0.123 e. The molecule has 6 heteroatoms. The molecule has 2 N–H and O–H groups in total. The van der Waals surface area contributed by atoms with Crippen molar-refractivity contribution in [1.29, 1.82) is 0 Å². The summed E-state index contributed by atoms with van der Waals surface area (Å²) in [6, 6.07) is 5.61. The molecule has 1 heterocycles. The van der Waals surface area contributed by atoms with Gasteiger partial charge in [-0.05, 0) is 25.1 Å². The molecule has 4 nitrogen and oxygen atoms in total. The molecular weight excluding hydrogens is 282 g/mol. The summed E-state index contributed by atoms with van der Waals surface area (Å²) in [7, 11) is 1.63. The molecule has 100 valence electrons. The van der Waals surface area contributed by atoms with Crippen molar-refractivity contribution in [2.24, 2.45) is 5.73 Å². The Morgan fingerprint density at radius 1 is 1.53 bits per heavy atom. The van der Waals surface area contributed by atoms with Gasteiger partial charge in [-0.15, -0.1) is 0 Å². The van der Waals surface area contributed by atoms with Crippen LogP contribution in [0.3, 0.4) is 0 Å². The van der Waals surface area contributed by atoms with Gasteiger partial charge in [-0.2, -0.15) is 5.10 Å². The van der Waals surface area contributed by atoms with Gasteiger partial charge >= 0.3 is 0 Å². The Morgan fingerprint density at radius 3 is 2.79 bits per heavy atom. The van der Waals surface area contributed by atoms with Crippen molar-refractivity contribution in [3.05, 3.63) is 46.2 Å². The van der Waals surface area contributed by atoms with Crippen LogP contribution in [0, 0.1) is 6.92 Å². The normalized spacial score (nSPS) is 10.5. The van der Waals surface area contributed by atoms with Crippen molar-refractivity contribution >= 4 is 28.8 Å². The molecule has 0 amide bonds. The molecule has 0 saturated heterocycles. The zero-order chi connectivity index (χ0) is 14.0. The number of ether oxygens (including phenoxy) is 1. The molecule has 0 aliphatic heterocycles. The van der Waals surface area contributed by atoms with Gasteiger partial charge in [0.15, 0.2) is 0 Å². The molecule has 0 bridgehead atoms. The van der Waals surface area contributed by atoms with Crippen molar-refractivity contribution in [2.75, 3.05) is 7.11 Å². The number of hydrogen-bond acceptors (Lipinski definition) is 3. The standard InChI is InChI=1S/C13H14ClN3OS/c1-8-11(14)6-16-17(8)7-10-5-9(13(15)19)3-4-12(10)18-2/h3-6H,7H2,1-2H3,(H2,15,19). The predicted octanol–water partition coefficient (Wildman–Crippen LogP) is 2.54. The summed E-state index contributed by atoms with van der Waals surface area (Å²) in [5.74, 6) is 0.769. The van der Waals surface area contributed by atoms with Crippen molar-refractivity contribution in [3.8, 4) is 5.75 Å². The number of benzene rings is 1. The van der Waals surface area contributed by atoms with Crippen LogP contribution in [0.5, 0.6) is 5.75 Å². The zero-order valence-corrected chi connectivity index (χ0v) is 12.3. The molecule has 0 unspecified atom stereocenters. The first-order valence-corrected chi connectivity index (χ1v) is 6.46. The van der Waals surface area contributed by atoms with Crippen LogP contribution < -0.4 is 10.5 Å². The van der Waals surface area contributed by atoms with Gasteiger partial charge < -0.3 is 10.5 Å². The Morgan fingerprint density at radius 2 is 2.26 bits per heavy atom. The van der Waals surface area contributed by atoms with E-state index >= 15 is 0 Å². The number of aromatic nitrogens is 2. The van der Waals surface area contributed by atoms with E-state index in [1.54, 1.807) is 13.3 Å². The van der Waals surface area contributed by atoms with Crippen LogP contribution >= 0.6 is 23.8 Å². The van der Waals surface area contributed by atoms with E-state index < -0.39 is 0 Å². The highest BCUT2D eigenvalue weighted by Gasteiger charge is 2.10. The minimum absolute atomic E-state index is 0.360. The Labute approximate surface area is 122 Å². The summed E-state index contributed by atoms with van der Waals surface area (Å²) in [4.78, 5) is 0.360. The lowest BCUT2D eigenvalue weighted by Gasteiger charge is -2.11. The number of nitrogens with zero attached hydrogens (tertiary/aromatic N) is 2. The largest absolute Gasteiger partial charge is 0.496 e. The lowest BCUT2D eigenvalue weighted by atomic mass is 10.1. The van der Waals surface area contributed by atoms with Crippen molar-refractivity contribution in [2.45, 2.75) is 13.5 Å². The van der Waals surface area contributed by atoms with E-state index in [-0.39, 0.29) is 0 Å². The van der Waals surface area contributed by atoms with Crippen molar-refractivity contribution in [1.82, 2.24) is 9.78 Å². The van der Waals surface area contributed by atoms with Crippen LogP contribution in [-0.2, 0) is 6.54 Å². The van der Waals surface area contributed by atoms with Gasteiger partial charge in [0.2, 0.25) is 0 Å². The number of hydrogen-bond donors (Lipinski definition) is 1. The van der Waals surface area contributed by atoms with E-state index in [0.717, 1.165) is 22.6 Å². The average molecular weight is 296 g/mol. The first-order valence-electron chi connectivity index (χ1n) is 5.67. The lowest BCUT2D eigenvalue weighted by molar-refractivity contribution is 0.407. The molecule has 0 radical (unpaired) electrons. The Hall–Kier alpha value is -1.59. The van der Waals surface area contributed by atoms with Gasteiger partial charge in [0, 0.05) is 11.1 Å². The van der Waals surface area contributed by atoms with Gasteiger partial charge in [-0.3, -0.25) is 4.68 Å².